The molecule has 8 heteroatoms. The van der Waals surface area contributed by atoms with Crippen LogP contribution in [-0.2, 0) is 33.3 Å². The van der Waals surface area contributed by atoms with Gasteiger partial charge in [-0.25, -0.2) is 9.18 Å². The number of alkyl halides is 1. The number of halogens is 1. The molecule has 25 heavy (non-hydrogen) atoms. The molecule has 0 aromatic carbocycles. The number of ketones is 1. The van der Waals surface area contributed by atoms with Crippen LogP contribution >= 0.6 is 0 Å². The molecule has 140 valence electrons. The monoisotopic (exact) mass is 358 g/mol. The third kappa shape index (κ3) is 3.52. The van der Waals surface area contributed by atoms with E-state index in [9.17, 15) is 14.0 Å². The molecule has 1 aliphatic carbocycles. The summed E-state index contributed by atoms with van der Waals surface area (Å²) in [6, 6.07) is 0. The maximum Gasteiger partial charge on any atom is 0.330 e. The average Bonchev–Trinajstić information content (AvgIpc) is 2.59. The van der Waals surface area contributed by atoms with Gasteiger partial charge < -0.3 is 23.7 Å². The highest BCUT2D eigenvalue weighted by Crippen LogP contribution is 2.42. The molecule has 1 heterocycles. The van der Waals surface area contributed by atoms with Crippen LogP contribution in [0.5, 0.6) is 0 Å². The summed E-state index contributed by atoms with van der Waals surface area (Å²) >= 11 is 0. The number of ether oxygens (including phenoxy) is 5. The fourth-order valence-electron chi connectivity index (χ4n) is 2.75. The van der Waals surface area contributed by atoms with Gasteiger partial charge in [0.05, 0.1) is 0 Å². The predicted octanol–water partition coefficient (Wildman–Crippen LogP) is 1.46. The van der Waals surface area contributed by atoms with Crippen LogP contribution in [0, 0.1) is 0 Å². The van der Waals surface area contributed by atoms with Gasteiger partial charge in [0.15, 0.2) is 12.0 Å². The van der Waals surface area contributed by atoms with Crippen LogP contribution in [0.2, 0.25) is 0 Å². The molecule has 1 fully saturated rings. The average molecular weight is 358 g/mol. The van der Waals surface area contributed by atoms with Crippen LogP contribution in [-0.4, -0.2) is 62.5 Å². The molecule has 1 aliphatic heterocycles. The zero-order chi connectivity index (χ0) is 18.8. The fourth-order valence-corrected chi connectivity index (χ4v) is 2.75. The third-order valence-electron chi connectivity index (χ3n) is 4.54. The number of methoxy groups -OCH3 is 2. The van der Waals surface area contributed by atoms with E-state index in [0.29, 0.717) is 0 Å². The van der Waals surface area contributed by atoms with Crippen molar-refractivity contribution in [2.24, 2.45) is 0 Å². The van der Waals surface area contributed by atoms with Gasteiger partial charge in [-0.3, -0.25) is 4.79 Å². The van der Waals surface area contributed by atoms with E-state index in [1.165, 1.54) is 32.4 Å². The number of fused-ring (bicyclic) bond motifs is 1. The van der Waals surface area contributed by atoms with Crippen molar-refractivity contribution in [3.8, 4) is 0 Å². The standard InChI is InChI=1S/C17H23FO7/c1-6-7-12(19)23-9-10-8-11-15(13(18)14(10)20)25-17(3,22-5)16(2,21-4)24-11/h6-8,11,13,15H,9H2,1-5H3/b7-6+/t11-,13-,15+,16+,17+/m1/s1. The van der Waals surface area contributed by atoms with Crippen LogP contribution in [0.3, 0.4) is 0 Å². The van der Waals surface area contributed by atoms with Gasteiger partial charge in [0.1, 0.15) is 18.8 Å². The van der Waals surface area contributed by atoms with E-state index in [4.69, 9.17) is 23.7 Å². The minimum Gasteiger partial charge on any atom is -0.458 e. The summed E-state index contributed by atoms with van der Waals surface area (Å²) in [5.41, 5.74) is 0.00896. The Labute approximate surface area is 145 Å². The first-order valence-corrected chi connectivity index (χ1v) is 7.85. The second-order valence-electron chi connectivity index (χ2n) is 6.03. The number of Topliss-reactive ketones (excluding diaryl/α,β-unsaturated/α-hetero) is 1. The normalized spacial score (nSPS) is 38.4. The highest BCUT2D eigenvalue weighted by molar-refractivity contribution is 6.01. The van der Waals surface area contributed by atoms with Crippen molar-refractivity contribution < 1.29 is 37.7 Å². The SMILES string of the molecule is C/C=C/C(=O)OCC1=C[C@H]2O[C@](C)(OC)[C@@](C)(OC)O[C@@H]2[C@H](F)C1=O. The Morgan fingerprint density at radius 2 is 1.88 bits per heavy atom. The van der Waals surface area contributed by atoms with E-state index in [-0.39, 0.29) is 12.2 Å². The lowest BCUT2D eigenvalue weighted by atomic mass is 9.89. The van der Waals surface area contributed by atoms with Gasteiger partial charge in [-0.2, -0.15) is 0 Å². The summed E-state index contributed by atoms with van der Waals surface area (Å²) in [6.07, 6.45) is 0.0587. The highest BCUT2D eigenvalue weighted by atomic mass is 19.1. The quantitative estimate of drug-likeness (QED) is 0.544. The molecular formula is C17H23FO7. The molecule has 1 saturated heterocycles. The maximum absolute atomic E-state index is 14.6. The van der Waals surface area contributed by atoms with Crippen LogP contribution in [0.1, 0.15) is 20.8 Å². The largest absolute Gasteiger partial charge is 0.458 e. The lowest BCUT2D eigenvalue weighted by Crippen LogP contribution is -2.68. The molecule has 0 bridgehead atoms. The van der Waals surface area contributed by atoms with Crippen molar-refractivity contribution in [2.45, 2.75) is 50.7 Å². The Kier molecular flexibility index (Phi) is 5.78. The number of rotatable bonds is 5. The fraction of sp³-hybridized carbons (Fsp3) is 0.647. The summed E-state index contributed by atoms with van der Waals surface area (Å²) in [4.78, 5) is 23.6. The Morgan fingerprint density at radius 1 is 1.28 bits per heavy atom. The molecule has 5 atom stereocenters. The molecule has 0 saturated carbocycles. The van der Waals surface area contributed by atoms with E-state index < -0.39 is 41.7 Å². The number of carbonyl (C=O) groups is 2. The lowest BCUT2D eigenvalue weighted by molar-refractivity contribution is -0.445. The number of carbonyl (C=O) groups excluding carboxylic acids is 2. The molecule has 0 aromatic rings. The number of hydrogen-bond acceptors (Lipinski definition) is 7. The van der Waals surface area contributed by atoms with Gasteiger partial charge in [0.2, 0.25) is 11.6 Å². The van der Waals surface area contributed by atoms with E-state index >= 15 is 0 Å². The van der Waals surface area contributed by atoms with Crippen molar-refractivity contribution in [3.05, 3.63) is 23.8 Å². The molecule has 7 nitrogen and oxygen atoms in total. The molecule has 0 radical (unpaired) electrons. The van der Waals surface area contributed by atoms with Crippen molar-refractivity contribution in [1.82, 2.24) is 0 Å². The Balaban J connectivity index is 2.25. The summed E-state index contributed by atoms with van der Waals surface area (Å²) in [6.45, 7) is 4.44. The predicted molar refractivity (Wildman–Crippen MR) is 84.3 cm³/mol. The molecule has 0 unspecified atom stereocenters. The molecule has 0 spiro atoms. The second kappa shape index (κ2) is 7.33. The Hall–Kier alpha value is -1.61. The van der Waals surface area contributed by atoms with Crippen molar-refractivity contribution in [2.75, 3.05) is 20.8 Å². The molecule has 0 amide bonds. The summed E-state index contributed by atoms with van der Waals surface area (Å²) in [5.74, 6) is -4.16. The van der Waals surface area contributed by atoms with E-state index in [1.807, 2.05) is 0 Å². The number of esters is 1. The minimum absolute atomic E-state index is 0.00896. The van der Waals surface area contributed by atoms with Crippen LogP contribution in [0.25, 0.3) is 0 Å². The molecular weight excluding hydrogens is 335 g/mol. The first kappa shape index (κ1) is 19.7. The molecule has 2 rings (SSSR count). The second-order valence-corrected chi connectivity index (χ2v) is 6.03. The Morgan fingerprint density at radius 3 is 2.44 bits per heavy atom. The van der Waals surface area contributed by atoms with Gasteiger partial charge >= 0.3 is 5.97 Å². The minimum atomic E-state index is -1.97. The lowest BCUT2D eigenvalue weighted by Gasteiger charge is -2.52. The van der Waals surface area contributed by atoms with Crippen LogP contribution in [0.15, 0.2) is 23.8 Å². The first-order valence-electron chi connectivity index (χ1n) is 7.85. The smallest absolute Gasteiger partial charge is 0.330 e. The zero-order valence-corrected chi connectivity index (χ0v) is 14.9. The summed E-state index contributed by atoms with van der Waals surface area (Å²) in [7, 11) is 2.78. The van der Waals surface area contributed by atoms with Gasteiger partial charge in [-0.1, -0.05) is 6.08 Å². The highest BCUT2D eigenvalue weighted by Gasteiger charge is 2.59. The van der Waals surface area contributed by atoms with Crippen LogP contribution in [0.4, 0.5) is 4.39 Å². The third-order valence-corrected chi connectivity index (χ3v) is 4.54. The first-order chi connectivity index (χ1) is 11.7. The molecule has 0 aromatic heterocycles. The topological polar surface area (TPSA) is 80.3 Å². The van der Waals surface area contributed by atoms with Crippen molar-refractivity contribution in [1.29, 1.82) is 0 Å². The van der Waals surface area contributed by atoms with Crippen molar-refractivity contribution in [3.63, 3.8) is 0 Å². The van der Waals surface area contributed by atoms with E-state index in [1.54, 1.807) is 20.8 Å². The molecule has 0 N–H and O–H groups in total. The van der Waals surface area contributed by atoms with Crippen LogP contribution < -0.4 is 0 Å². The maximum atomic E-state index is 14.6. The van der Waals surface area contributed by atoms with Crippen molar-refractivity contribution >= 4 is 11.8 Å². The van der Waals surface area contributed by atoms with Gasteiger partial charge in [-0.05, 0) is 26.8 Å². The zero-order valence-electron chi connectivity index (χ0n) is 14.9. The molecule has 2 aliphatic rings. The number of allylic oxidation sites excluding steroid dienone is 1. The number of hydrogen-bond donors (Lipinski definition) is 0. The van der Waals surface area contributed by atoms with Gasteiger partial charge in [0, 0.05) is 25.9 Å². The van der Waals surface area contributed by atoms with E-state index in [2.05, 4.69) is 0 Å². The van der Waals surface area contributed by atoms with E-state index in [0.717, 1.165) is 0 Å². The Bertz CT molecular complexity index is 602. The summed E-state index contributed by atoms with van der Waals surface area (Å²) < 4.78 is 41.8. The summed E-state index contributed by atoms with van der Waals surface area (Å²) in [5, 5.41) is 0. The van der Waals surface area contributed by atoms with Gasteiger partial charge in [0.25, 0.3) is 0 Å². The van der Waals surface area contributed by atoms with Gasteiger partial charge in [-0.15, -0.1) is 0 Å².